The molecular formula is C25H27N5O4S. The summed E-state index contributed by atoms with van der Waals surface area (Å²) in [6.45, 7) is 1.53. The molecule has 2 aromatic heterocycles. The van der Waals surface area contributed by atoms with Crippen molar-refractivity contribution < 1.29 is 9.59 Å². The topological polar surface area (TPSA) is 96.7 Å². The molecule has 1 aromatic carbocycles. The van der Waals surface area contributed by atoms with Crippen LogP contribution in [0, 0.1) is 0 Å². The molecule has 0 atom stereocenters. The zero-order valence-electron chi connectivity index (χ0n) is 19.5. The lowest BCUT2D eigenvalue weighted by molar-refractivity contribution is -0.133. The first-order valence-corrected chi connectivity index (χ1v) is 12.6. The third-order valence-corrected chi connectivity index (χ3v) is 7.57. The number of urea groups is 1. The van der Waals surface area contributed by atoms with Gasteiger partial charge in [0, 0.05) is 44.6 Å². The van der Waals surface area contributed by atoms with Gasteiger partial charge in [-0.15, -0.1) is 0 Å². The van der Waals surface area contributed by atoms with Gasteiger partial charge in [0.1, 0.15) is 6.54 Å². The van der Waals surface area contributed by atoms with Crippen LogP contribution in [0.4, 0.5) is 10.5 Å². The lowest BCUT2D eigenvalue weighted by Crippen LogP contribution is -2.51. The van der Waals surface area contributed by atoms with E-state index in [1.807, 2.05) is 46.0 Å². The summed E-state index contributed by atoms with van der Waals surface area (Å²) in [7, 11) is 1.43. The zero-order chi connectivity index (χ0) is 24.5. The van der Waals surface area contributed by atoms with E-state index in [1.165, 1.54) is 29.1 Å². The summed E-state index contributed by atoms with van der Waals surface area (Å²) in [5.74, 6) is -0.173. The van der Waals surface area contributed by atoms with Crippen LogP contribution in [0.3, 0.4) is 0 Å². The van der Waals surface area contributed by atoms with E-state index in [2.05, 4.69) is 5.32 Å². The SMILES string of the molecule is Cn1c(=O)c(-c2ccsc2)cn(CC(=O)N2CCC(N3CCc4ccccc4NC3=O)CC2)c1=O. The highest BCUT2D eigenvalue weighted by Crippen LogP contribution is 2.24. The average Bonchev–Trinajstić information content (AvgIpc) is 3.34. The lowest BCUT2D eigenvalue weighted by Gasteiger charge is -2.38. The van der Waals surface area contributed by atoms with Crippen LogP contribution < -0.4 is 16.6 Å². The number of fused-ring (bicyclic) bond motifs is 1. The van der Waals surface area contributed by atoms with E-state index in [4.69, 9.17) is 0 Å². The van der Waals surface area contributed by atoms with Crippen molar-refractivity contribution in [2.75, 3.05) is 25.0 Å². The van der Waals surface area contributed by atoms with Gasteiger partial charge in [-0.05, 0) is 53.3 Å². The Labute approximate surface area is 206 Å². The standard InChI is InChI=1S/C25H27N5O4S/c1-27-23(32)20(18-9-13-35-16-18)14-29(25(27)34)15-22(31)28-10-7-19(8-11-28)30-12-6-17-4-2-3-5-21(17)26-24(30)33/h2-5,9,13-14,16,19H,6-8,10-12,15H2,1H3,(H,26,33). The Hall–Kier alpha value is -3.66. The van der Waals surface area contributed by atoms with Gasteiger partial charge < -0.3 is 15.1 Å². The molecule has 182 valence electrons. The third kappa shape index (κ3) is 4.53. The van der Waals surface area contributed by atoms with Crippen molar-refractivity contribution >= 4 is 29.0 Å². The minimum atomic E-state index is -0.516. The molecule has 5 rings (SSSR count). The Balaban J connectivity index is 1.25. The number of amides is 3. The highest BCUT2D eigenvalue weighted by atomic mass is 32.1. The van der Waals surface area contributed by atoms with Gasteiger partial charge in [0.15, 0.2) is 0 Å². The quantitative estimate of drug-likeness (QED) is 0.604. The maximum Gasteiger partial charge on any atom is 0.331 e. The predicted molar refractivity (Wildman–Crippen MR) is 135 cm³/mol. The number of carbonyl (C=O) groups excluding carboxylic acids is 2. The second kappa shape index (κ2) is 9.53. The molecule has 2 aliphatic rings. The average molecular weight is 494 g/mol. The van der Waals surface area contributed by atoms with Crippen LogP contribution in [-0.4, -0.2) is 56.5 Å². The van der Waals surface area contributed by atoms with E-state index in [0.29, 0.717) is 38.0 Å². The van der Waals surface area contributed by atoms with Crippen molar-refractivity contribution in [2.24, 2.45) is 7.05 Å². The molecule has 0 aliphatic carbocycles. The minimum Gasteiger partial charge on any atom is -0.341 e. The number of likely N-dealkylation sites (tertiary alicyclic amines) is 1. The third-order valence-electron chi connectivity index (χ3n) is 6.89. The summed E-state index contributed by atoms with van der Waals surface area (Å²) in [6, 6.07) is 9.62. The normalized spacial score (nSPS) is 16.5. The van der Waals surface area contributed by atoms with Crippen LogP contribution in [0.5, 0.6) is 0 Å². The van der Waals surface area contributed by atoms with E-state index in [0.717, 1.165) is 27.8 Å². The van der Waals surface area contributed by atoms with E-state index in [1.54, 1.807) is 4.90 Å². The number of thiophene rings is 1. The van der Waals surface area contributed by atoms with Gasteiger partial charge in [0.25, 0.3) is 5.56 Å². The van der Waals surface area contributed by atoms with E-state index < -0.39 is 5.69 Å². The highest BCUT2D eigenvalue weighted by molar-refractivity contribution is 7.08. The summed E-state index contributed by atoms with van der Waals surface area (Å²) >= 11 is 1.46. The Bertz CT molecular complexity index is 1370. The van der Waals surface area contributed by atoms with Gasteiger partial charge in [0.05, 0.1) is 5.56 Å². The fourth-order valence-corrected chi connectivity index (χ4v) is 5.52. The zero-order valence-corrected chi connectivity index (χ0v) is 20.3. The Morgan fingerprint density at radius 3 is 2.60 bits per heavy atom. The first-order chi connectivity index (χ1) is 16.9. The van der Waals surface area contributed by atoms with Crippen molar-refractivity contribution in [1.29, 1.82) is 0 Å². The van der Waals surface area contributed by atoms with Crippen LogP contribution in [0.2, 0.25) is 0 Å². The van der Waals surface area contributed by atoms with Gasteiger partial charge in [-0.1, -0.05) is 18.2 Å². The Kier molecular flexibility index (Phi) is 6.29. The fraction of sp³-hybridized carbons (Fsp3) is 0.360. The molecule has 0 saturated carbocycles. The number of carbonyl (C=O) groups is 2. The molecule has 3 aromatic rings. The molecule has 10 heteroatoms. The Morgan fingerprint density at radius 1 is 1.09 bits per heavy atom. The van der Waals surface area contributed by atoms with Crippen LogP contribution in [0.25, 0.3) is 11.1 Å². The van der Waals surface area contributed by atoms with E-state index in [-0.39, 0.29) is 30.1 Å². The first-order valence-electron chi connectivity index (χ1n) is 11.7. The van der Waals surface area contributed by atoms with E-state index in [9.17, 15) is 19.2 Å². The van der Waals surface area contributed by atoms with Gasteiger partial charge >= 0.3 is 11.7 Å². The van der Waals surface area contributed by atoms with E-state index >= 15 is 0 Å². The lowest BCUT2D eigenvalue weighted by atomic mass is 10.0. The maximum absolute atomic E-state index is 13.1. The molecule has 1 fully saturated rings. The number of hydrogen-bond donors (Lipinski definition) is 1. The Morgan fingerprint density at radius 2 is 1.86 bits per heavy atom. The molecule has 0 bridgehead atoms. The molecule has 0 radical (unpaired) electrons. The monoisotopic (exact) mass is 493 g/mol. The summed E-state index contributed by atoms with van der Waals surface area (Å²) in [5, 5.41) is 6.72. The second-order valence-corrected chi connectivity index (χ2v) is 9.75. The van der Waals surface area contributed by atoms with Crippen molar-refractivity contribution in [3.63, 3.8) is 0 Å². The van der Waals surface area contributed by atoms with Crippen LogP contribution in [0.15, 0.2) is 56.9 Å². The number of anilines is 1. The summed E-state index contributed by atoms with van der Waals surface area (Å²) < 4.78 is 2.35. The fourth-order valence-electron chi connectivity index (χ4n) is 4.87. The summed E-state index contributed by atoms with van der Waals surface area (Å²) in [4.78, 5) is 54.7. The molecule has 0 spiro atoms. The molecular weight excluding hydrogens is 466 g/mol. The number of rotatable bonds is 4. The van der Waals surface area contributed by atoms with Crippen molar-refractivity contribution in [3.05, 3.63) is 73.7 Å². The highest BCUT2D eigenvalue weighted by Gasteiger charge is 2.31. The number of nitrogens with zero attached hydrogens (tertiary/aromatic N) is 4. The molecule has 0 unspecified atom stereocenters. The summed E-state index contributed by atoms with van der Waals surface area (Å²) in [6.07, 6.45) is 3.63. The molecule has 1 N–H and O–H groups in total. The number of aromatic nitrogens is 2. The second-order valence-electron chi connectivity index (χ2n) is 8.97. The molecule has 35 heavy (non-hydrogen) atoms. The molecule has 1 saturated heterocycles. The molecule has 9 nitrogen and oxygen atoms in total. The van der Waals surface area contributed by atoms with Crippen molar-refractivity contribution in [2.45, 2.75) is 31.8 Å². The number of benzene rings is 1. The maximum atomic E-state index is 13.1. The van der Waals surface area contributed by atoms with Crippen LogP contribution in [-0.2, 0) is 24.8 Å². The molecule has 4 heterocycles. The number of hydrogen-bond acceptors (Lipinski definition) is 5. The van der Waals surface area contributed by atoms with Gasteiger partial charge in [0.2, 0.25) is 5.91 Å². The van der Waals surface area contributed by atoms with Gasteiger partial charge in [-0.2, -0.15) is 11.3 Å². The number of nitrogens with one attached hydrogen (secondary N) is 1. The predicted octanol–water partition coefficient (Wildman–Crippen LogP) is 2.36. The first kappa shape index (κ1) is 23.1. The van der Waals surface area contributed by atoms with Crippen molar-refractivity contribution in [1.82, 2.24) is 18.9 Å². The molecule has 2 aliphatic heterocycles. The van der Waals surface area contributed by atoms with Gasteiger partial charge in [-0.3, -0.25) is 18.7 Å². The number of piperidine rings is 1. The summed E-state index contributed by atoms with van der Waals surface area (Å²) in [5.41, 5.74) is 2.22. The smallest absolute Gasteiger partial charge is 0.331 e. The van der Waals surface area contributed by atoms with Crippen LogP contribution in [0.1, 0.15) is 18.4 Å². The largest absolute Gasteiger partial charge is 0.341 e. The molecule has 3 amide bonds. The van der Waals surface area contributed by atoms with Crippen molar-refractivity contribution in [3.8, 4) is 11.1 Å². The van der Waals surface area contributed by atoms with Crippen LogP contribution >= 0.6 is 11.3 Å². The minimum absolute atomic E-state index is 0.0545. The number of para-hydroxylation sites is 1. The van der Waals surface area contributed by atoms with Gasteiger partial charge in [-0.25, -0.2) is 9.59 Å².